The minimum absolute atomic E-state index is 0.0469. The molecule has 158 valence electrons. The molecule has 0 fully saturated rings. The van der Waals surface area contributed by atoms with Gasteiger partial charge in [-0.1, -0.05) is 70.5 Å². The normalized spacial score (nSPS) is 12.2. The zero-order valence-electron chi connectivity index (χ0n) is 17.5. The first-order chi connectivity index (χ1) is 13.5. The van der Waals surface area contributed by atoms with Gasteiger partial charge in [-0.3, -0.25) is 0 Å². The Morgan fingerprint density at radius 2 is 1.62 bits per heavy atom. The lowest BCUT2D eigenvalue weighted by molar-refractivity contribution is 0.0472. The maximum Gasteiger partial charge on any atom is 0.338 e. The Bertz CT molecular complexity index is 959. The van der Waals surface area contributed by atoms with E-state index in [4.69, 9.17) is 16.3 Å². The molecule has 0 N–H and O–H groups in total. The number of nitrogens with zero attached hydrogens (tertiary/aromatic N) is 1. The number of ether oxygens (including phenoxy) is 1. The molecular formula is C22H28ClNO4S. The highest BCUT2D eigenvalue weighted by atomic mass is 35.5. The summed E-state index contributed by atoms with van der Waals surface area (Å²) in [6.45, 7) is 10.6. The third kappa shape index (κ3) is 5.59. The van der Waals surface area contributed by atoms with Crippen LogP contribution in [0.2, 0.25) is 5.02 Å². The van der Waals surface area contributed by atoms with Crippen LogP contribution in [0.1, 0.15) is 56.1 Å². The summed E-state index contributed by atoms with van der Waals surface area (Å²) in [5.74, 6) is -0.599. The van der Waals surface area contributed by atoms with Gasteiger partial charge in [0.25, 0.3) is 0 Å². The van der Waals surface area contributed by atoms with Gasteiger partial charge in [0.05, 0.1) is 10.6 Å². The zero-order valence-corrected chi connectivity index (χ0v) is 19.1. The lowest BCUT2D eigenvalue weighted by atomic mass is 9.87. The van der Waals surface area contributed by atoms with Gasteiger partial charge in [0.2, 0.25) is 10.0 Å². The van der Waals surface area contributed by atoms with Gasteiger partial charge in [-0.15, -0.1) is 0 Å². The van der Waals surface area contributed by atoms with Crippen LogP contribution in [0.5, 0.6) is 0 Å². The van der Waals surface area contributed by atoms with Crippen LogP contribution >= 0.6 is 11.6 Å². The number of rotatable bonds is 7. The van der Waals surface area contributed by atoms with E-state index < -0.39 is 16.0 Å². The van der Waals surface area contributed by atoms with Crippen LogP contribution in [-0.4, -0.2) is 31.8 Å². The molecule has 0 bridgehead atoms. The molecule has 0 unspecified atom stereocenters. The van der Waals surface area contributed by atoms with E-state index >= 15 is 0 Å². The number of carbonyl (C=O) groups is 1. The number of hydrogen-bond acceptors (Lipinski definition) is 4. The number of halogens is 1. The second kappa shape index (κ2) is 9.28. The molecule has 0 spiro atoms. The summed E-state index contributed by atoms with van der Waals surface area (Å²) in [4.78, 5) is 12.4. The third-order valence-electron chi connectivity index (χ3n) is 4.68. The molecule has 29 heavy (non-hydrogen) atoms. The molecule has 0 saturated carbocycles. The zero-order chi connectivity index (χ0) is 21.8. The molecule has 7 heteroatoms. The van der Waals surface area contributed by atoms with Crippen LogP contribution in [0, 0.1) is 0 Å². The Labute approximate surface area is 178 Å². The van der Waals surface area contributed by atoms with Crippen molar-refractivity contribution in [3.05, 3.63) is 64.2 Å². The third-order valence-corrected chi connectivity index (χ3v) is 7.21. The summed E-state index contributed by atoms with van der Waals surface area (Å²) in [7, 11) is -3.78. The van der Waals surface area contributed by atoms with E-state index in [0.717, 1.165) is 5.56 Å². The number of esters is 1. The fourth-order valence-corrected chi connectivity index (χ4v) is 4.82. The van der Waals surface area contributed by atoms with Crippen molar-refractivity contribution >= 4 is 27.6 Å². The molecular weight excluding hydrogens is 410 g/mol. The van der Waals surface area contributed by atoms with Crippen molar-refractivity contribution in [2.45, 2.75) is 51.5 Å². The maximum absolute atomic E-state index is 12.8. The Hall–Kier alpha value is -1.89. The number of benzene rings is 2. The SMILES string of the molecule is CCN(CC)S(=O)(=O)c1cc(C(=O)OCc2ccc(C(C)(C)C)cc2)ccc1Cl. The van der Waals surface area contributed by atoms with E-state index in [1.165, 1.54) is 28.1 Å². The van der Waals surface area contributed by atoms with Gasteiger partial charge in [0, 0.05) is 13.1 Å². The molecule has 5 nitrogen and oxygen atoms in total. The first kappa shape index (κ1) is 23.4. The van der Waals surface area contributed by atoms with Gasteiger partial charge in [-0.05, 0) is 34.7 Å². The minimum atomic E-state index is -3.78. The highest BCUT2D eigenvalue weighted by molar-refractivity contribution is 7.89. The van der Waals surface area contributed by atoms with Crippen LogP contribution < -0.4 is 0 Å². The van der Waals surface area contributed by atoms with Crippen molar-refractivity contribution in [3.63, 3.8) is 0 Å². The van der Waals surface area contributed by atoms with Crippen molar-refractivity contribution in [2.24, 2.45) is 0 Å². The molecule has 0 radical (unpaired) electrons. The largest absolute Gasteiger partial charge is 0.457 e. The maximum atomic E-state index is 12.8. The molecule has 0 aromatic heterocycles. The monoisotopic (exact) mass is 437 g/mol. The second-order valence-electron chi connectivity index (χ2n) is 7.76. The molecule has 0 aliphatic carbocycles. The fourth-order valence-electron chi connectivity index (χ4n) is 2.86. The minimum Gasteiger partial charge on any atom is -0.457 e. The summed E-state index contributed by atoms with van der Waals surface area (Å²) < 4.78 is 32.2. The van der Waals surface area contributed by atoms with Crippen LogP contribution in [0.4, 0.5) is 0 Å². The summed E-state index contributed by atoms with van der Waals surface area (Å²) in [5, 5.41) is 0.0752. The quantitative estimate of drug-likeness (QED) is 0.570. The highest BCUT2D eigenvalue weighted by Gasteiger charge is 2.26. The van der Waals surface area contributed by atoms with Gasteiger partial charge < -0.3 is 4.74 Å². The average Bonchev–Trinajstić information content (AvgIpc) is 2.66. The number of hydrogen-bond donors (Lipinski definition) is 0. The molecule has 2 aromatic rings. The van der Waals surface area contributed by atoms with Crippen LogP contribution in [0.25, 0.3) is 0 Å². The number of carbonyl (C=O) groups excluding carboxylic acids is 1. The first-order valence-electron chi connectivity index (χ1n) is 9.57. The smallest absolute Gasteiger partial charge is 0.338 e. The molecule has 2 rings (SSSR count). The standard InChI is InChI=1S/C22H28ClNO4S/c1-6-24(7-2)29(26,27)20-14-17(10-13-19(20)23)21(25)28-15-16-8-11-18(12-9-16)22(3,4)5/h8-14H,6-7,15H2,1-5H3. The molecule has 0 heterocycles. The van der Waals surface area contributed by atoms with Crippen molar-refractivity contribution in [1.29, 1.82) is 0 Å². The molecule has 2 aromatic carbocycles. The van der Waals surface area contributed by atoms with E-state index in [1.807, 2.05) is 24.3 Å². The molecule has 0 saturated heterocycles. The van der Waals surface area contributed by atoms with Crippen LogP contribution in [0.15, 0.2) is 47.4 Å². The molecule has 0 aliphatic rings. The number of sulfonamides is 1. The lowest BCUT2D eigenvalue weighted by Gasteiger charge is -2.19. The van der Waals surface area contributed by atoms with Gasteiger partial charge in [-0.2, -0.15) is 4.31 Å². The summed E-state index contributed by atoms with van der Waals surface area (Å²) in [5.41, 5.74) is 2.24. The Balaban J connectivity index is 2.18. The van der Waals surface area contributed by atoms with Crippen LogP contribution in [-0.2, 0) is 26.8 Å². The van der Waals surface area contributed by atoms with E-state index in [2.05, 4.69) is 20.8 Å². The first-order valence-corrected chi connectivity index (χ1v) is 11.4. The van der Waals surface area contributed by atoms with Crippen molar-refractivity contribution in [3.8, 4) is 0 Å². The van der Waals surface area contributed by atoms with E-state index in [9.17, 15) is 13.2 Å². The summed E-state index contributed by atoms with van der Waals surface area (Å²) >= 11 is 6.11. The van der Waals surface area contributed by atoms with Gasteiger partial charge in [0.15, 0.2) is 0 Å². The Kier molecular flexibility index (Phi) is 7.49. The van der Waals surface area contributed by atoms with Gasteiger partial charge in [0.1, 0.15) is 11.5 Å². The predicted molar refractivity (Wildman–Crippen MR) is 116 cm³/mol. The van der Waals surface area contributed by atoms with Crippen molar-refractivity contribution in [2.75, 3.05) is 13.1 Å². The van der Waals surface area contributed by atoms with Crippen molar-refractivity contribution in [1.82, 2.24) is 4.31 Å². The van der Waals surface area contributed by atoms with Gasteiger partial charge in [-0.25, -0.2) is 13.2 Å². The van der Waals surface area contributed by atoms with E-state index in [-0.39, 0.29) is 27.5 Å². The summed E-state index contributed by atoms with van der Waals surface area (Å²) in [6, 6.07) is 12.0. The second-order valence-corrected chi connectivity index (χ2v) is 10.1. The van der Waals surface area contributed by atoms with Crippen LogP contribution in [0.3, 0.4) is 0 Å². The average molecular weight is 438 g/mol. The lowest BCUT2D eigenvalue weighted by Crippen LogP contribution is -2.31. The highest BCUT2D eigenvalue weighted by Crippen LogP contribution is 2.26. The Morgan fingerprint density at radius 3 is 2.14 bits per heavy atom. The summed E-state index contributed by atoms with van der Waals surface area (Å²) in [6.07, 6.45) is 0. The molecule has 0 amide bonds. The van der Waals surface area contributed by atoms with E-state index in [0.29, 0.717) is 13.1 Å². The predicted octanol–water partition coefficient (Wildman–Crippen LogP) is 5.03. The molecule has 0 atom stereocenters. The molecule has 0 aliphatic heterocycles. The van der Waals surface area contributed by atoms with Crippen molar-refractivity contribution < 1.29 is 17.9 Å². The topological polar surface area (TPSA) is 63.7 Å². The van der Waals surface area contributed by atoms with E-state index in [1.54, 1.807) is 13.8 Å². The fraction of sp³-hybridized carbons (Fsp3) is 0.409. The Morgan fingerprint density at radius 1 is 1.03 bits per heavy atom. The van der Waals surface area contributed by atoms with Gasteiger partial charge >= 0.3 is 5.97 Å².